The number of rotatable bonds is 5. The van der Waals surface area contributed by atoms with Gasteiger partial charge >= 0.3 is 7.12 Å². The van der Waals surface area contributed by atoms with Crippen LogP contribution >= 0.6 is 0 Å². The molecule has 2 amide bonds. The molecule has 0 unspecified atom stereocenters. The summed E-state index contributed by atoms with van der Waals surface area (Å²) in [6, 6.07) is 7.03. The summed E-state index contributed by atoms with van der Waals surface area (Å²) in [4.78, 5) is 22.9. The van der Waals surface area contributed by atoms with Gasteiger partial charge < -0.3 is 20.7 Å². The van der Waals surface area contributed by atoms with Gasteiger partial charge in [0.15, 0.2) is 0 Å². The summed E-state index contributed by atoms with van der Waals surface area (Å²) in [5.41, 5.74) is 1.33. The maximum Gasteiger partial charge on any atom is 0.472 e. The molecule has 0 aromatic heterocycles. The van der Waals surface area contributed by atoms with Crippen molar-refractivity contribution in [2.45, 2.75) is 41.5 Å². The van der Waals surface area contributed by atoms with E-state index >= 15 is 0 Å². The standard InChI is InChI=1S/C11H15BN2O4.C4H10.C2H6/c1-8-4-2-3-5-9(8)11(16)13-6-10(15)14-7-12(17)18;1-4(2)3;1-2/h2-5,17-18H,6-7H2,1H3,(H,13,16)(H,14,15);4H,1-3H3;1-2H3. The number of nitrogens with one attached hydrogen (secondary N) is 2. The van der Waals surface area contributed by atoms with Gasteiger partial charge in [-0.2, -0.15) is 0 Å². The molecule has 0 bridgehead atoms. The third-order valence-electron chi connectivity index (χ3n) is 2.28. The van der Waals surface area contributed by atoms with E-state index in [1.165, 1.54) is 0 Å². The number of aryl methyl sites for hydroxylation is 1. The molecule has 6 nitrogen and oxygen atoms in total. The van der Waals surface area contributed by atoms with Gasteiger partial charge in [0.1, 0.15) is 0 Å². The molecule has 0 aliphatic carbocycles. The van der Waals surface area contributed by atoms with Crippen LogP contribution < -0.4 is 10.6 Å². The van der Waals surface area contributed by atoms with Crippen molar-refractivity contribution >= 4 is 18.9 Å². The zero-order valence-corrected chi connectivity index (χ0v) is 15.6. The molecule has 1 rings (SSSR count). The van der Waals surface area contributed by atoms with Crippen LogP contribution in [-0.4, -0.2) is 42.0 Å². The predicted molar refractivity (Wildman–Crippen MR) is 98.6 cm³/mol. The normalized spacial score (nSPS) is 9.04. The second-order valence-electron chi connectivity index (χ2n) is 5.51. The Kier molecular flexibility index (Phi) is 15.0. The fraction of sp³-hybridized carbons (Fsp3) is 0.529. The topological polar surface area (TPSA) is 98.7 Å². The highest BCUT2D eigenvalue weighted by atomic mass is 16.4. The molecule has 136 valence electrons. The molecule has 0 fully saturated rings. The third-order valence-corrected chi connectivity index (χ3v) is 2.28. The van der Waals surface area contributed by atoms with Crippen molar-refractivity contribution in [3.05, 3.63) is 35.4 Å². The summed E-state index contributed by atoms with van der Waals surface area (Å²) in [7, 11) is -1.60. The van der Waals surface area contributed by atoms with Gasteiger partial charge in [0, 0.05) is 5.56 Å². The van der Waals surface area contributed by atoms with Crippen LogP contribution in [0.3, 0.4) is 0 Å². The van der Waals surface area contributed by atoms with Gasteiger partial charge in [-0.3, -0.25) is 9.59 Å². The Hall–Kier alpha value is -1.86. The molecular formula is C17H31BN2O4. The van der Waals surface area contributed by atoms with Crippen molar-refractivity contribution < 1.29 is 19.6 Å². The molecule has 24 heavy (non-hydrogen) atoms. The minimum Gasteiger partial charge on any atom is -0.426 e. The van der Waals surface area contributed by atoms with Crippen molar-refractivity contribution in [3.8, 4) is 0 Å². The molecule has 1 aromatic carbocycles. The SMILES string of the molecule is CC.CC(C)C.Cc1ccccc1C(=O)NCC(=O)NCB(O)O. The van der Waals surface area contributed by atoms with E-state index in [1.807, 2.05) is 19.9 Å². The minimum absolute atomic E-state index is 0.208. The summed E-state index contributed by atoms with van der Waals surface area (Å²) in [5, 5.41) is 21.8. The maximum absolute atomic E-state index is 11.7. The van der Waals surface area contributed by atoms with E-state index < -0.39 is 13.0 Å². The lowest BCUT2D eigenvalue weighted by Crippen LogP contribution is -2.41. The lowest BCUT2D eigenvalue weighted by Gasteiger charge is -2.08. The third kappa shape index (κ3) is 13.8. The number of carbonyl (C=O) groups excluding carboxylic acids is 2. The van der Waals surface area contributed by atoms with E-state index in [0.717, 1.165) is 11.5 Å². The Morgan fingerprint density at radius 3 is 2.04 bits per heavy atom. The largest absolute Gasteiger partial charge is 0.472 e. The Labute approximate surface area is 145 Å². The van der Waals surface area contributed by atoms with Crippen molar-refractivity contribution in [1.29, 1.82) is 0 Å². The first-order valence-electron chi connectivity index (χ1n) is 8.20. The summed E-state index contributed by atoms with van der Waals surface area (Å²) in [6.45, 7) is 12.1. The lowest BCUT2D eigenvalue weighted by atomic mass is 9.92. The second-order valence-corrected chi connectivity index (χ2v) is 5.51. The van der Waals surface area contributed by atoms with Gasteiger partial charge in [0.2, 0.25) is 5.91 Å². The lowest BCUT2D eigenvalue weighted by molar-refractivity contribution is -0.119. The number of hydrogen-bond acceptors (Lipinski definition) is 4. The smallest absolute Gasteiger partial charge is 0.426 e. The van der Waals surface area contributed by atoms with Crippen molar-refractivity contribution in [2.75, 3.05) is 13.0 Å². The van der Waals surface area contributed by atoms with Crippen LogP contribution in [0.15, 0.2) is 24.3 Å². The molecular weight excluding hydrogens is 307 g/mol. The van der Waals surface area contributed by atoms with Crippen LogP contribution in [0.1, 0.15) is 50.5 Å². The van der Waals surface area contributed by atoms with Gasteiger partial charge in [0.25, 0.3) is 5.91 Å². The molecule has 1 aromatic rings. The van der Waals surface area contributed by atoms with Gasteiger partial charge in [-0.25, -0.2) is 0 Å². The number of benzene rings is 1. The molecule has 0 saturated carbocycles. The van der Waals surface area contributed by atoms with Crippen molar-refractivity contribution in [1.82, 2.24) is 10.6 Å². The second kappa shape index (κ2) is 14.7. The van der Waals surface area contributed by atoms with Gasteiger partial charge in [-0.1, -0.05) is 52.8 Å². The highest BCUT2D eigenvalue weighted by Crippen LogP contribution is 2.05. The maximum atomic E-state index is 11.7. The number of amides is 2. The fourth-order valence-corrected chi connectivity index (χ4v) is 1.35. The van der Waals surface area contributed by atoms with Gasteiger partial charge in [0.05, 0.1) is 13.0 Å². The van der Waals surface area contributed by atoms with E-state index in [9.17, 15) is 9.59 Å². The zero-order chi connectivity index (χ0) is 19.1. The average Bonchev–Trinajstić information content (AvgIpc) is 2.52. The summed E-state index contributed by atoms with van der Waals surface area (Å²) in [6.07, 6.45) is -0.265. The molecule has 0 aliphatic heterocycles. The van der Waals surface area contributed by atoms with Crippen LogP contribution in [0.2, 0.25) is 0 Å². The summed E-state index contributed by atoms with van der Waals surface area (Å²) < 4.78 is 0. The van der Waals surface area contributed by atoms with E-state index in [4.69, 9.17) is 10.0 Å². The van der Waals surface area contributed by atoms with Crippen molar-refractivity contribution in [2.24, 2.45) is 5.92 Å². The van der Waals surface area contributed by atoms with E-state index in [-0.39, 0.29) is 18.9 Å². The van der Waals surface area contributed by atoms with E-state index in [1.54, 1.807) is 25.1 Å². The highest BCUT2D eigenvalue weighted by Gasteiger charge is 2.12. The van der Waals surface area contributed by atoms with Gasteiger partial charge in [-0.15, -0.1) is 0 Å². The summed E-state index contributed by atoms with van der Waals surface area (Å²) >= 11 is 0. The van der Waals surface area contributed by atoms with Gasteiger partial charge in [-0.05, 0) is 24.5 Å². The van der Waals surface area contributed by atoms with Crippen LogP contribution in [0.4, 0.5) is 0 Å². The monoisotopic (exact) mass is 338 g/mol. The van der Waals surface area contributed by atoms with Crippen molar-refractivity contribution in [3.63, 3.8) is 0 Å². The Balaban J connectivity index is 0. The molecule has 7 heteroatoms. The first-order chi connectivity index (χ1) is 11.2. The first kappa shape index (κ1) is 24.4. The molecule has 0 heterocycles. The minimum atomic E-state index is -1.60. The van der Waals surface area contributed by atoms with E-state index in [2.05, 4.69) is 31.4 Å². The average molecular weight is 338 g/mol. The molecule has 0 spiro atoms. The molecule has 0 atom stereocenters. The quantitative estimate of drug-likeness (QED) is 0.612. The molecule has 4 N–H and O–H groups in total. The Morgan fingerprint density at radius 1 is 1.08 bits per heavy atom. The van der Waals surface area contributed by atoms with E-state index in [0.29, 0.717) is 5.56 Å². The van der Waals surface area contributed by atoms with Crippen LogP contribution in [0, 0.1) is 12.8 Å². The van der Waals surface area contributed by atoms with Crippen LogP contribution in [-0.2, 0) is 4.79 Å². The number of hydrogen-bond donors (Lipinski definition) is 4. The zero-order valence-electron chi connectivity index (χ0n) is 15.6. The first-order valence-corrected chi connectivity index (χ1v) is 8.20. The Morgan fingerprint density at radius 2 is 1.58 bits per heavy atom. The molecule has 0 aliphatic rings. The Bertz CT molecular complexity index is 477. The number of carbonyl (C=O) groups is 2. The van der Waals surface area contributed by atoms with Crippen LogP contribution in [0.25, 0.3) is 0 Å². The predicted octanol–water partition coefficient (Wildman–Crippen LogP) is 1.54. The summed E-state index contributed by atoms with van der Waals surface area (Å²) in [5.74, 6) is 0.0119. The highest BCUT2D eigenvalue weighted by molar-refractivity contribution is 6.41. The molecule has 0 saturated heterocycles. The van der Waals surface area contributed by atoms with Crippen LogP contribution in [0.5, 0.6) is 0 Å². The fourth-order valence-electron chi connectivity index (χ4n) is 1.35. The molecule has 0 radical (unpaired) electrons.